The standard InChI is InChI=1S/C23H20N2O2S/c26-15-18-6-3-8-20(23(18)27)25-14-17-5-1-2-9-22(17)28-19-11-10-16-7-4-12-24-21(16)13-19/h1-13,25-27H,14-15H2. The van der Waals surface area contributed by atoms with E-state index < -0.39 is 0 Å². The number of aromatic nitrogens is 1. The van der Waals surface area contributed by atoms with E-state index in [-0.39, 0.29) is 12.4 Å². The summed E-state index contributed by atoms with van der Waals surface area (Å²) in [6, 6.07) is 23.8. The molecule has 0 amide bonds. The van der Waals surface area contributed by atoms with Crippen LogP contribution in [0.4, 0.5) is 5.69 Å². The third-order valence-electron chi connectivity index (χ3n) is 4.54. The fourth-order valence-electron chi connectivity index (χ4n) is 3.04. The van der Waals surface area contributed by atoms with E-state index in [0.717, 1.165) is 26.3 Å². The summed E-state index contributed by atoms with van der Waals surface area (Å²) in [6.07, 6.45) is 1.81. The Morgan fingerprint density at radius 3 is 2.64 bits per heavy atom. The van der Waals surface area contributed by atoms with Gasteiger partial charge >= 0.3 is 0 Å². The molecule has 0 spiro atoms. The average Bonchev–Trinajstić information content (AvgIpc) is 2.74. The molecule has 4 rings (SSSR count). The van der Waals surface area contributed by atoms with Crippen LogP contribution < -0.4 is 5.32 Å². The van der Waals surface area contributed by atoms with Gasteiger partial charge in [0, 0.05) is 33.5 Å². The maximum absolute atomic E-state index is 10.2. The van der Waals surface area contributed by atoms with Crippen molar-refractivity contribution in [1.82, 2.24) is 4.98 Å². The number of phenols is 1. The molecule has 3 aromatic carbocycles. The zero-order valence-corrected chi connectivity index (χ0v) is 16.0. The van der Waals surface area contributed by atoms with E-state index in [1.54, 1.807) is 23.9 Å². The van der Waals surface area contributed by atoms with Crippen molar-refractivity contribution in [2.45, 2.75) is 22.9 Å². The number of pyridine rings is 1. The molecule has 1 heterocycles. The second kappa shape index (κ2) is 8.33. The first-order chi connectivity index (χ1) is 13.7. The molecule has 0 radical (unpaired) electrons. The van der Waals surface area contributed by atoms with Crippen molar-refractivity contribution < 1.29 is 10.2 Å². The minimum absolute atomic E-state index is 0.0933. The highest BCUT2D eigenvalue weighted by Gasteiger charge is 2.09. The van der Waals surface area contributed by atoms with Crippen molar-refractivity contribution >= 4 is 28.4 Å². The molecule has 0 unspecified atom stereocenters. The number of aliphatic hydroxyl groups excluding tert-OH is 1. The Morgan fingerprint density at radius 1 is 0.893 bits per heavy atom. The number of hydrogen-bond donors (Lipinski definition) is 3. The molecule has 0 saturated heterocycles. The minimum atomic E-state index is -0.191. The van der Waals surface area contributed by atoms with Crippen molar-refractivity contribution in [3.8, 4) is 5.75 Å². The highest BCUT2D eigenvalue weighted by atomic mass is 32.2. The number of fused-ring (bicyclic) bond motifs is 1. The van der Waals surface area contributed by atoms with E-state index in [1.807, 2.05) is 30.5 Å². The van der Waals surface area contributed by atoms with Crippen molar-refractivity contribution in [2.24, 2.45) is 0 Å². The summed E-state index contributed by atoms with van der Waals surface area (Å²) in [4.78, 5) is 6.70. The third-order valence-corrected chi connectivity index (χ3v) is 5.64. The molecule has 4 aromatic rings. The van der Waals surface area contributed by atoms with Gasteiger partial charge in [0.15, 0.2) is 0 Å². The lowest BCUT2D eigenvalue weighted by molar-refractivity contribution is 0.276. The number of rotatable bonds is 6. The van der Waals surface area contributed by atoms with Gasteiger partial charge in [-0.05, 0) is 35.9 Å². The van der Waals surface area contributed by atoms with E-state index in [4.69, 9.17) is 0 Å². The van der Waals surface area contributed by atoms with E-state index in [1.165, 1.54) is 0 Å². The van der Waals surface area contributed by atoms with E-state index in [0.29, 0.717) is 17.8 Å². The van der Waals surface area contributed by atoms with Crippen LogP contribution in [-0.4, -0.2) is 15.2 Å². The van der Waals surface area contributed by atoms with Gasteiger partial charge in [0.25, 0.3) is 0 Å². The second-order valence-electron chi connectivity index (χ2n) is 6.39. The van der Waals surface area contributed by atoms with Gasteiger partial charge in [-0.15, -0.1) is 0 Å². The number of nitrogens with one attached hydrogen (secondary N) is 1. The predicted octanol–water partition coefficient (Wildman–Crippen LogP) is 5.20. The highest BCUT2D eigenvalue weighted by Crippen LogP contribution is 2.33. The van der Waals surface area contributed by atoms with Crippen LogP contribution >= 0.6 is 11.8 Å². The van der Waals surface area contributed by atoms with Gasteiger partial charge in [-0.3, -0.25) is 4.98 Å². The molecule has 0 saturated carbocycles. The highest BCUT2D eigenvalue weighted by molar-refractivity contribution is 7.99. The Kier molecular flexibility index (Phi) is 5.46. The number of aliphatic hydroxyl groups is 1. The maximum atomic E-state index is 10.2. The largest absolute Gasteiger partial charge is 0.505 e. The number of anilines is 1. The number of benzene rings is 3. The van der Waals surface area contributed by atoms with Gasteiger partial charge in [-0.2, -0.15) is 0 Å². The van der Waals surface area contributed by atoms with Gasteiger partial charge < -0.3 is 15.5 Å². The third kappa shape index (κ3) is 3.96. The summed E-state index contributed by atoms with van der Waals surface area (Å²) < 4.78 is 0. The molecule has 28 heavy (non-hydrogen) atoms. The Balaban J connectivity index is 1.55. The van der Waals surface area contributed by atoms with Crippen LogP contribution in [0.1, 0.15) is 11.1 Å². The van der Waals surface area contributed by atoms with Crippen LogP contribution in [0.15, 0.2) is 88.8 Å². The molecule has 3 N–H and O–H groups in total. The van der Waals surface area contributed by atoms with Gasteiger partial charge in [0.05, 0.1) is 17.8 Å². The molecule has 140 valence electrons. The molecule has 0 aliphatic carbocycles. The monoisotopic (exact) mass is 388 g/mol. The van der Waals surface area contributed by atoms with Crippen molar-refractivity contribution in [3.63, 3.8) is 0 Å². The van der Waals surface area contributed by atoms with E-state index in [2.05, 4.69) is 46.7 Å². The van der Waals surface area contributed by atoms with Crippen molar-refractivity contribution in [1.29, 1.82) is 0 Å². The van der Waals surface area contributed by atoms with Crippen LogP contribution in [0.2, 0.25) is 0 Å². The average molecular weight is 388 g/mol. The smallest absolute Gasteiger partial charge is 0.144 e. The summed E-state index contributed by atoms with van der Waals surface area (Å²) in [6.45, 7) is 0.376. The maximum Gasteiger partial charge on any atom is 0.144 e. The molecule has 0 aliphatic rings. The fraction of sp³-hybridized carbons (Fsp3) is 0.0870. The van der Waals surface area contributed by atoms with Gasteiger partial charge in [0.2, 0.25) is 0 Å². The van der Waals surface area contributed by atoms with Crippen LogP contribution in [-0.2, 0) is 13.2 Å². The van der Waals surface area contributed by atoms with Crippen LogP contribution in [0, 0.1) is 0 Å². The van der Waals surface area contributed by atoms with Crippen molar-refractivity contribution in [3.05, 3.63) is 90.1 Å². The number of aromatic hydroxyl groups is 1. The minimum Gasteiger partial charge on any atom is -0.505 e. The quantitative estimate of drug-likeness (QED) is 0.396. The Morgan fingerprint density at radius 2 is 1.75 bits per heavy atom. The van der Waals surface area contributed by atoms with Crippen molar-refractivity contribution in [2.75, 3.05) is 5.32 Å². The molecule has 5 heteroatoms. The molecule has 0 aliphatic heterocycles. The fourth-order valence-corrected chi connectivity index (χ4v) is 4.02. The molecular formula is C23H20N2O2S. The van der Waals surface area contributed by atoms with Gasteiger partial charge in [0.1, 0.15) is 5.75 Å². The summed E-state index contributed by atoms with van der Waals surface area (Å²) >= 11 is 1.69. The molecule has 1 aromatic heterocycles. The SMILES string of the molecule is OCc1cccc(NCc2ccccc2Sc2ccc3cccnc3c2)c1O. The number of nitrogens with zero attached hydrogens (tertiary/aromatic N) is 1. The normalized spacial score (nSPS) is 10.9. The topological polar surface area (TPSA) is 65.4 Å². The zero-order chi connectivity index (χ0) is 19.3. The summed E-state index contributed by atoms with van der Waals surface area (Å²) in [5, 5.41) is 24.0. The van der Waals surface area contributed by atoms with Gasteiger partial charge in [-0.1, -0.05) is 54.2 Å². The van der Waals surface area contributed by atoms with Crippen LogP contribution in [0.25, 0.3) is 10.9 Å². The lowest BCUT2D eigenvalue weighted by atomic mass is 10.1. The summed E-state index contributed by atoms with van der Waals surface area (Å²) in [7, 11) is 0. The Bertz CT molecular complexity index is 1110. The lowest BCUT2D eigenvalue weighted by Crippen LogP contribution is -2.02. The Labute approximate surface area is 167 Å². The number of para-hydroxylation sites is 1. The Hall–Kier alpha value is -3.02. The molecular weight excluding hydrogens is 368 g/mol. The molecule has 0 fully saturated rings. The lowest BCUT2D eigenvalue weighted by Gasteiger charge is -2.13. The van der Waals surface area contributed by atoms with E-state index in [9.17, 15) is 10.2 Å². The number of hydrogen-bond acceptors (Lipinski definition) is 5. The first kappa shape index (κ1) is 18.3. The molecule has 4 nitrogen and oxygen atoms in total. The molecule has 0 bridgehead atoms. The summed E-state index contributed by atoms with van der Waals surface area (Å²) in [5.41, 5.74) is 3.23. The second-order valence-corrected chi connectivity index (χ2v) is 7.51. The summed E-state index contributed by atoms with van der Waals surface area (Å²) in [5.74, 6) is 0.0933. The van der Waals surface area contributed by atoms with Crippen LogP contribution in [0.3, 0.4) is 0 Å². The van der Waals surface area contributed by atoms with E-state index >= 15 is 0 Å². The predicted molar refractivity (Wildman–Crippen MR) is 114 cm³/mol. The van der Waals surface area contributed by atoms with Gasteiger partial charge in [-0.25, -0.2) is 0 Å². The molecule has 0 atom stereocenters. The first-order valence-electron chi connectivity index (χ1n) is 9.01. The zero-order valence-electron chi connectivity index (χ0n) is 15.2. The van der Waals surface area contributed by atoms with Crippen LogP contribution in [0.5, 0.6) is 5.75 Å². The first-order valence-corrected chi connectivity index (χ1v) is 9.82.